The third kappa shape index (κ3) is 7.62. The van der Waals surface area contributed by atoms with Crippen molar-refractivity contribution in [2.45, 2.75) is 66.0 Å². The quantitative estimate of drug-likeness (QED) is 0.715. The monoisotopic (exact) mass is 298 g/mol. The third-order valence-electron chi connectivity index (χ3n) is 4.29. The largest absolute Gasteiger partial charge is 0.374 e. The summed E-state index contributed by atoms with van der Waals surface area (Å²) >= 11 is 0. The van der Waals surface area contributed by atoms with Crippen LogP contribution < -0.4 is 0 Å². The molecule has 3 heteroatoms. The minimum Gasteiger partial charge on any atom is -0.374 e. The van der Waals surface area contributed by atoms with Gasteiger partial charge in [-0.15, -0.1) is 0 Å². The maximum absolute atomic E-state index is 6.12. The summed E-state index contributed by atoms with van der Waals surface area (Å²) in [5.74, 6) is 0.807. The lowest BCUT2D eigenvalue weighted by atomic mass is 9.94. The maximum atomic E-state index is 6.12. The van der Waals surface area contributed by atoms with Crippen LogP contribution in [0.4, 0.5) is 0 Å². The van der Waals surface area contributed by atoms with E-state index in [0.717, 1.165) is 32.2 Å². The molecule has 1 saturated heterocycles. The van der Waals surface area contributed by atoms with E-state index in [1.807, 2.05) is 0 Å². The average Bonchev–Trinajstić information content (AvgIpc) is 2.29. The molecule has 1 rings (SSSR count). The van der Waals surface area contributed by atoms with Crippen LogP contribution in [-0.4, -0.2) is 62.3 Å². The zero-order valence-corrected chi connectivity index (χ0v) is 15.5. The number of rotatable bonds is 7. The van der Waals surface area contributed by atoms with Crippen molar-refractivity contribution in [2.24, 2.45) is 11.3 Å². The molecule has 0 aromatic rings. The van der Waals surface area contributed by atoms with Crippen LogP contribution in [-0.2, 0) is 4.74 Å². The lowest BCUT2D eigenvalue weighted by Crippen LogP contribution is -2.53. The summed E-state index contributed by atoms with van der Waals surface area (Å²) < 4.78 is 6.12. The molecule has 0 aliphatic carbocycles. The van der Waals surface area contributed by atoms with Gasteiger partial charge < -0.3 is 9.64 Å². The first-order valence-electron chi connectivity index (χ1n) is 8.69. The van der Waals surface area contributed by atoms with E-state index in [1.54, 1.807) is 0 Å². The lowest BCUT2D eigenvalue weighted by Gasteiger charge is -2.41. The van der Waals surface area contributed by atoms with E-state index in [9.17, 15) is 0 Å². The van der Waals surface area contributed by atoms with Gasteiger partial charge in [0.2, 0.25) is 0 Å². The van der Waals surface area contributed by atoms with Gasteiger partial charge in [-0.1, -0.05) is 47.5 Å². The van der Waals surface area contributed by atoms with Gasteiger partial charge in [0.25, 0.3) is 0 Å². The molecule has 3 nitrogen and oxygen atoms in total. The number of hydrogen-bond donors (Lipinski definition) is 0. The first-order valence-corrected chi connectivity index (χ1v) is 8.69. The minimum absolute atomic E-state index is 0.350. The Balaban J connectivity index is 2.51. The fourth-order valence-corrected chi connectivity index (χ4v) is 3.41. The second-order valence-electron chi connectivity index (χ2n) is 8.54. The van der Waals surface area contributed by atoms with Crippen LogP contribution in [0, 0.1) is 11.3 Å². The van der Waals surface area contributed by atoms with E-state index in [4.69, 9.17) is 4.74 Å². The van der Waals surface area contributed by atoms with Crippen LogP contribution in [0.5, 0.6) is 0 Å². The molecule has 2 atom stereocenters. The molecule has 0 aromatic carbocycles. The van der Waals surface area contributed by atoms with E-state index >= 15 is 0 Å². The molecule has 126 valence electrons. The van der Waals surface area contributed by atoms with E-state index in [2.05, 4.69) is 58.5 Å². The Hall–Kier alpha value is -0.120. The van der Waals surface area contributed by atoms with Crippen molar-refractivity contribution in [3.05, 3.63) is 0 Å². The van der Waals surface area contributed by atoms with Gasteiger partial charge in [-0.25, -0.2) is 0 Å². The Bertz CT molecular complexity index is 285. The van der Waals surface area contributed by atoms with E-state index < -0.39 is 0 Å². The van der Waals surface area contributed by atoms with E-state index in [-0.39, 0.29) is 0 Å². The maximum Gasteiger partial charge on any atom is 0.0857 e. The summed E-state index contributed by atoms with van der Waals surface area (Å²) in [6.07, 6.45) is 4.27. The van der Waals surface area contributed by atoms with Crippen LogP contribution in [0.2, 0.25) is 0 Å². The van der Waals surface area contributed by atoms with Crippen molar-refractivity contribution in [3.8, 4) is 0 Å². The van der Waals surface area contributed by atoms with Gasteiger partial charge >= 0.3 is 0 Å². The van der Waals surface area contributed by atoms with Crippen LogP contribution in [0.15, 0.2) is 0 Å². The molecule has 21 heavy (non-hydrogen) atoms. The van der Waals surface area contributed by atoms with Crippen molar-refractivity contribution in [1.29, 1.82) is 0 Å². The van der Waals surface area contributed by atoms with Crippen LogP contribution in [0.1, 0.15) is 53.9 Å². The van der Waals surface area contributed by atoms with E-state index in [1.165, 1.54) is 19.3 Å². The molecule has 1 fully saturated rings. The van der Waals surface area contributed by atoms with Crippen LogP contribution in [0.3, 0.4) is 0 Å². The number of hydrogen-bond acceptors (Lipinski definition) is 3. The summed E-state index contributed by atoms with van der Waals surface area (Å²) in [6, 6.07) is 0.583. The highest BCUT2D eigenvalue weighted by Crippen LogP contribution is 2.22. The summed E-state index contributed by atoms with van der Waals surface area (Å²) in [7, 11) is 4.49. The first-order chi connectivity index (χ1) is 9.69. The minimum atomic E-state index is 0.350. The molecule has 0 aromatic heterocycles. The summed E-state index contributed by atoms with van der Waals surface area (Å²) in [5.41, 5.74) is 0.350. The summed E-state index contributed by atoms with van der Waals surface area (Å²) in [4.78, 5) is 4.96. The molecule has 0 amide bonds. The van der Waals surface area contributed by atoms with Gasteiger partial charge in [0.15, 0.2) is 0 Å². The average molecular weight is 299 g/mol. The van der Waals surface area contributed by atoms with Gasteiger partial charge in [0.05, 0.1) is 12.7 Å². The van der Waals surface area contributed by atoms with Crippen LogP contribution >= 0.6 is 0 Å². The fraction of sp³-hybridized carbons (Fsp3) is 1.00. The predicted octanol–water partition coefficient (Wildman–Crippen LogP) is 3.49. The summed E-state index contributed by atoms with van der Waals surface area (Å²) in [5, 5.41) is 0. The molecule has 0 radical (unpaired) electrons. The van der Waals surface area contributed by atoms with Gasteiger partial charge in [-0.05, 0) is 31.8 Å². The molecule has 1 aliphatic heterocycles. The molecular weight excluding hydrogens is 260 g/mol. The first kappa shape index (κ1) is 18.9. The standard InChI is InChI=1S/C18H38N2O/c1-15(2)9-8-10-16-17(21-12-11-20(16)7)13-19(6)14-18(3,4)5/h15-17H,8-14H2,1-7H3/t16-,17+/m0/s1. The highest BCUT2D eigenvalue weighted by molar-refractivity contribution is 4.85. The second kappa shape index (κ2) is 8.50. The molecule has 0 spiro atoms. The second-order valence-corrected chi connectivity index (χ2v) is 8.54. The van der Waals surface area contributed by atoms with E-state index in [0.29, 0.717) is 17.6 Å². The highest BCUT2D eigenvalue weighted by Gasteiger charge is 2.31. The number of ether oxygens (including phenoxy) is 1. The van der Waals surface area contributed by atoms with Crippen molar-refractivity contribution in [2.75, 3.05) is 40.3 Å². The Labute approximate surface area is 133 Å². The smallest absolute Gasteiger partial charge is 0.0857 e. The molecular formula is C18H38N2O. The zero-order valence-electron chi connectivity index (χ0n) is 15.5. The van der Waals surface area contributed by atoms with Gasteiger partial charge in [-0.2, -0.15) is 0 Å². The highest BCUT2D eigenvalue weighted by atomic mass is 16.5. The molecule has 1 heterocycles. The Kier molecular flexibility index (Phi) is 7.66. The predicted molar refractivity (Wildman–Crippen MR) is 91.8 cm³/mol. The Morgan fingerprint density at radius 1 is 1.29 bits per heavy atom. The third-order valence-corrected chi connectivity index (χ3v) is 4.29. The molecule has 0 saturated carbocycles. The lowest BCUT2D eigenvalue weighted by molar-refractivity contribution is -0.0767. The van der Waals surface area contributed by atoms with Crippen molar-refractivity contribution in [3.63, 3.8) is 0 Å². The molecule has 1 aliphatic rings. The zero-order chi connectivity index (χ0) is 16.0. The van der Waals surface area contributed by atoms with Crippen molar-refractivity contribution in [1.82, 2.24) is 9.80 Å². The SMILES string of the molecule is CC(C)CCC[C@H]1[C@@H](CN(C)CC(C)(C)C)OCCN1C. The van der Waals surface area contributed by atoms with Gasteiger partial charge in [0, 0.05) is 25.7 Å². The number of likely N-dealkylation sites (N-methyl/N-ethyl adjacent to an activating group) is 2. The van der Waals surface area contributed by atoms with Gasteiger partial charge in [-0.3, -0.25) is 4.90 Å². The van der Waals surface area contributed by atoms with Crippen molar-refractivity contribution < 1.29 is 4.74 Å². The Morgan fingerprint density at radius 3 is 2.52 bits per heavy atom. The fourth-order valence-electron chi connectivity index (χ4n) is 3.41. The topological polar surface area (TPSA) is 15.7 Å². The molecule has 0 bridgehead atoms. The van der Waals surface area contributed by atoms with Gasteiger partial charge in [0.1, 0.15) is 0 Å². The van der Waals surface area contributed by atoms with Crippen molar-refractivity contribution >= 4 is 0 Å². The Morgan fingerprint density at radius 2 is 1.95 bits per heavy atom. The normalized spacial score (nSPS) is 25.0. The summed E-state index contributed by atoms with van der Waals surface area (Å²) in [6.45, 7) is 15.7. The molecule has 0 N–H and O–H groups in total. The number of morpholine rings is 1. The molecule has 0 unspecified atom stereocenters. The van der Waals surface area contributed by atoms with Crippen LogP contribution in [0.25, 0.3) is 0 Å². The number of nitrogens with zero attached hydrogens (tertiary/aromatic N) is 2.